The van der Waals surface area contributed by atoms with Gasteiger partial charge in [-0.1, -0.05) is 12.1 Å². The molecule has 1 saturated heterocycles. The number of likely N-dealkylation sites (N-methyl/N-ethyl adjacent to an activating group) is 1. The van der Waals surface area contributed by atoms with Crippen LogP contribution in [0.15, 0.2) is 4.52 Å². The third kappa shape index (κ3) is 3.02. The van der Waals surface area contributed by atoms with Crippen LogP contribution in [-0.4, -0.2) is 53.2 Å². The molecule has 0 amide bonds. The van der Waals surface area contributed by atoms with Crippen molar-refractivity contribution < 1.29 is 4.52 Å². The Morgan fingerprint density at radius 1 is 1.25 bits per heavy atom. The molecule has 0 bridgehead atoms. The Labute approximate surface area is 96.4 Å². The lowest BCUT2D eigenvalue weighted by Crippen LogP contribution is -2.28. The van der Waals surface area contributed by atoms with E-state index in [9.17, 15) is 0 Å². The van der Waals surface area contributed by atoms with Gasteiger partial charge in [-0.05, 0) is 26.6 Å². The molecule has 1 fully saturated rings. The van der Waals surface area contributed by atoms with Crippen LogP contribution in [0.1, 0.15) is 25.1 Å². The minimum absolute atomic E-state index is 0.738. The van der Waals surface area contributed by atoms with Crippen molar-refractivity contribution in [2.45, 2.75) is 26.3 Å². The summed E-state index contributed by atoms with van der Waals surface area (Å²) in [5.41, 5.74) is 0. The number of rotatable bonds is 3. The topological polar surface area (TPSA) is 45.4 Å². The second-order valence-electron chi connectivity index (χ2n) is 4.39. The lowest BCUT2D eigenvalue weighted by atomic mass is 10.4. The molecule has 5 nitrogen and oxygen atoms in total. The minimum Gasteiger partial charge on any atom is -0.339 e. The van der Waals surface area contributed by atoms with Gasteiger partial charge in [-0.15, -0.1) is 0 Å². The fourth-order valence-electron chi connectivity index (χ4n) is 1.96. The van der Waals surface area contributed by atoms with Crippen LogP contribution < -0.4 is 0 Å². The Bertz CT molecular complexity index is 326. The normalized spacial score (nSPS) is 19.9. The molecule has 2 heterocycles. The molecule has 2 rings (SSSR count). The molecule has 0 saturated carbocycles. The number of hydrogen-bond donors (Lipinski definition) is 0. The van der Waals surface area contributed by atoms with Gasteiger partial charge < -0.3 is 9.42 Å². The quantitative estimate of drug-likeness (QED) is 0.759. The van der Waals surface area contributed by atoms with Gasteiger partial charge in [0.15, 0.2) is 5.82 Å². The molecule has 0 atom stereocenters. The molecular formula is C11H20N4O. The largest absolute Gasteiger partial charge is 0.339 e. The summed E-state index contributed by atoms with van der Waals surface area (Å²) in [6, 6.07) is 0. The number of aromatic nitrogens is 2. The summed E-state index contributed by atoms with van der Waals surface area (Å²) in [6.07, 6.45) is 2.03. The van der Waals surface area contributed by atoms with Gasteiger partial charge in [-0.3, -0.25) is 4.90 Å². The predicted octanol–water partition coefficient (Wildman–Crippen LogP) is 0.769. The summed E-state index contributed by atoms with van der Waals surface area (Å²) in [7, 11) is 2.17. The summed E-state index contributed by atoms with van der Waals surface area (Å²) >= 11 is 0. The molecule has 0 radical (unpaired) electrons. The fourth-order valence-corrected chi connectivity index (χ4v) is 1.96. The summed E-state index contributed by atoms with van der Waals surface area (Å²) in [6.45, 7) is 7.36. The van der Waals surface area contributed by atoms with Gasteiger partial charge >= 0.3 is 0 Å². The van der Waals surface area contributed by atoms with Gasteiger partial charge in [0.05, 0.1) is 6.54 Å². The van der Waals surface area contributed by atoms with E-state index < -0.39 is 0 Å². The Morgan fingerprint density at radius 2 is 2.12 bits per heavy atom. The molecule has 0 unspecified atom stereocenters. The van der Waals surface area contributed by atoms with Gasteiger partial charge in [0.1, 0.15) is 0 Å². The van der Waals surface area contributed by atoms with Crippen LogP contribution in [0.3, 0.4) is 0 Å². The molecule has 1 aliphatic rings. The lowest BCUT2D eigenvalue weighted by molar-refractivity contribution is 0.258. The minimum atomic E-state index is 0.738. The number of hydrogen-bond acceptors (Lipinski definition) is 5. The second kappa shape index (κ2) is 5.41. The molecule has 1 aromatic rings. The highest BCUT2D eigenvalue weighted by Crippen LogP contribution is 2.06. The highest BCUT2D eigenvalue weighted by Gasteiger charge is 2.14. The Balaban J connectivity index is 1.88. The van der Waals surface area contributed by atoms with Crippen LogP contribution in [0.4, 0.5) is 0 Å². The van der Waals surface area contributed by atoms with Crippen LogP contribution in [0.25, 0.3) is 0 Å². The maximum atomic E-state index is 5.11. The van der Waals surface area contributed by atoms with E-state index in [1.54, 1.807) is 0 Å². The SMILES string of the molecule is CCc1nc(CN2CCCN(C)CC2)no1. The zero-order valence-corrected chi connectivity index (χ0v) is 10.1. The van der Waals surface area contributed by atoms with Gasteiger partial charge in [-0.2, -0.15) is 4.98 Å². The van der Waals surface area contributed by atoms with Crippen molar-refractivity contribution in [2.24, 2.45) is 0 Å². The molecule has 0 N–H and O–H groups in total. The fraction of sp³-hybridized carbons (Fsp3) is 0.818. The van der Waals surface area contributed by atoms with Crippen LogP contribution in [0, 0.1) is 0 Å². The van der Waals surface area contributed by atoms with Crippen LogP contribution >= 0.6 is 0 Å². The summed E-state index contributed by atoms with van der Waals surface area (Å²) in [5.74, 6) is 1.56. The van der Waals surface area contributed by atoms with E-state index in [1.165, 1.54) is 13.0 Å². The summed E-state index contributed by atoms with van der Waals surface area (Å²) in [5, 5.41) is 3.99. The van der Waals surface area contributed by atoms with Crippen molar-refractivity contribution >= 4 is 0 Å². The van der Waals surface area contributed by atoms with E-state index in [4.69, 9.17) is 4.52 Å². The first-order chi connectivity index (χ1) is 7.78. The smallest absolute Gasteiger partial charge is 0.226 e. The van der Waals surface area contributed by atoms with Gasteiger partial charge in [-0.25, -0.2) is 0 Å². The first-order valence-electron chi connectivity index (χ1n) is 6.00. The van der Waals surface area contributed by atoms with Gasteiger partial charge in [0.2, 0.25) is 5.89 Å². The van der Waals surface area contributed by atoms with Crippen molar-refractivity contribution in [3.8, 4) is 0 Å². The molecule has 0 aliphatic carbocycles. The summed E-state index contributed by atoms with van der Waals surface area (Å²) in [4.78, 5) is 9.10. The number of aryl methyl sites for hydroxylation is 1. The number of nitrogens with zero attached hydrogens (tertiary/aromatic N) is 4. The molecule has 16 heavy (non-hydrogen) atoms. The van der Waals surface area contributed by atoms with Crippen molar-refractivity contribution in [1.29, 1.82) is 0 Å². The van der Waals surface area contributed by atoms with Gasteiger partial charge in [0.25, 0.3) is 0 Å². The van der Waals surface area contributed by atoms with Crippen molar-refractivity contribution in [2.75, 3.05) is 33.2 Å². The molecule has 5 heteroatoms. The second-order valence-corrected chi connectivity index (χ2v) is 4.39. The molecular weight excluding hydrogens is 204 g/mol. The lowest BCUT2D eigenvalue weighted by Gasteiger charge is -2.17. The average molecular weight is 224 g/mol. The van der Waals surface area contributed by atoms with E-state index in [1.807, 2.05) is 6.92 Å². The maximum absolute atomic E-state index is 5.11. The van der Waals surface area contributed by atoms with Crippen molar-refractivity contribution in [1.82, 2.24) is 19.9 Å². The van der Waals surface area contributed by atoms with Gasteiger partial charge in [0, 0.05) is 19.5 Å². The van der Waals surface area contributed by atoms with E-state index in [0.29, 0.717) is 0 Å². The van der Waals surface area contributed by atoms with E-state index >= 15 is 0 Å². The molecule has 90 valence electrons. The molecule has 0 spiro atoms. The molecule has 1 aromatic heterocycles. The zero-order chi connectivity index (χ0) is 11.4. The van der Waals surface area contributed by atoms with E-state index in [0.717, 1.165) is 44.3 Å². The van der Waals surface area contributed by atoms with E-state index in [-0.39, 0.29) is 0 Å². The standard InChI is InChI=1S/C11H20N4O/c1-3-11-12-10(13-16-11)9-15-6-4-5-14(2)7-8-15/h3-9H2,1-2H3. The molecule has 0 aromatic carbocycles. The third-order valence-corrected chi connectivity index (χ3v) is 2.99. The summed E-state index contributed by atoms with van der Waals surface area (Å²) < 4.78 is 5.11. The zero-order valence-electron chi connectivity index (χ0n) is 10.1. The van der Waals surface area contributed by atoms with Crippen molar-refractivity contribution in [3.05, 3.63) is 11.7 Å². The Hall–Kier alpha value is -0.940. The monoisotopic (exact) mass is 224 g/mol. The molecule has 1 aliphatic heterocycles. The highest BCUT2D eigenvalue weighted by atomic mass is 16.5. The highest BCUT2D eigenvalue weighted by molar-refractivity contribution is 4.86. The van der Waals surface area contributed by atoms with Crippen LogP contribution in [0.5, 0.6) is 0 Å². The first-order valence-corrected chi connectivity index (χ1v) is 6.00. The Morgan fingerprint density at radius 3 is 2.88 bits per heavy atom. The maximum Gasteiger partial charge on any atom is 0.226 e. The predicted molar refractivity (Wildman–Crippen MR) is 61.1 cm³/mol. The third-order valence-electron chi connectivity index (χ3n) is 2.99. The van der Waals surface area contributed by atoms with E-state index in [2.05, 4.69) is 27.0 Å². The van der Waals surface area contributed by atoms with Crippen LogP contribution in [-0.2, 0) is 13.0 Å². The van der Waals surface area contributed by atoms with Crippen LogP contribution in [0.2, 0.25) is 0 Å². The first kappa shape index (κ1) is 11.5. The van der Waals surface area contributed by atoms with Crippen molar-refractivity contribution in [3.63, 3.8) is 0 Å². The average Bonchev–Trinajstić information content (AvgIpc) is 2.63. The Kier molecular flexibility index (Phi) is 3.90.